The smallest absolute Gasteiger partial charge is 0.408 e. The van der Waals surface area contributed by atoms with Gasteiger partial charge in [-0.2, -0.15) is 0 Å². The van der Waals surface area contributed by atoms with Crippen molar-refractivity contribution in [2.45, 2.75) is 45.8 Å². The van der Waals surface area contributed by atoms with Crippen molar-refractivity contribution in [1.82, 2.24) is 5.32 Å². The second-order valence-corrected chi connectivity index (χ2v) is 6.13. The minimum Gasteiger partial charge on any atom is -0.491 e. The molecule has 1 rings (SSSR count). The summed E-state index contributed by atoms with van der Waals surface area (Å²) >= 11 is 0. The zero-order valence-corrected chi connectivity index (χ0v) is 14.3. The van der Waals surface area contributed by atoms with Gasteiger partial charge in [-0.05, 0) is 33.3 Å². The quantitative estimate of drug-likeness (QED) is 0.808. The molecule has 0 aliphatic heterocycles. The average molecular weight is 321 g/mol. The van der Waals surface area contributed by atoms with Crippen molar-refractivity contribution in [3.8, 4) is 5.75 Å². The van der Waals surface area contributed by atoms with Gasteiger partial charge < -0.3 is 19.9 Å². The van der Waals surface area contributed by atoms with Crippen LogP contribution in [0.15, 0.2) is 30.3 Å². The number of aliphatic hydroxyl groups is 1. The molecule has 128 valence electrons. The van der Waals surface area contributed by atoms with Crippen LogP contribution in [0.25, 0.3) is 6.08 Å². The molecule has 23 heavy (non-hydrogen) atoms. The number of para-hydroxylation sites is 1. The highest BCUT2D eigenvalue weighted by atomic mass is 16.6. The van der Waals surface area contributed by atoms with Gasteiger partial charge in [-0.25, -0.2) is 4.79 Å². The minimum absolute atomic E-state index is 0.0319. The van der Waals surface area contributed by atoms with E-state index in [0.29, 0.717) is 5.75 Å². The predicted molar refractivity (Wildman–Crippen MR) is 91.5 cm³/mol. The van der Waals surface area contributed by atoms with Crippen LogP contribution >= 0.6 is 0 Å². The lowest BCUT2D eigenvalue weighted by Gasteiger charge is -2.21. The van der Waals surface area contributed by atoms with Gasteiger partial charge in [-0.1, -0.05) is 37.3 Å². The molecule has 0 aliphatic carbocycles. The monoisotopic (exact) mass is 321 g/mol. The van der Waals surface area contributed by atoms with Crippen LogP contribution in [-0.2, 0) is 4.74 Å². The predicted octanol–water partition coefficient (Wildman–Crippen LogP) is 3.37. The van der Waals surface area contributed by atoms with E-state index >= 15 is 0 Å². The molecule has 0 fully saturated rings. The van der Waals surface area contributed by atoms with E-state index in [-0.39, 0.29) is 19.3 Å². The van der Waals surface area contributed by atoms with E-state index < -0.39 is 11.7 Å². The Morgan fingerprint density at radius 1 is 1.35 bits per heavy atom. The van der Waals surface area contributed by atoms with Crippen LogP contribution in [0, 0.1) is 0 Å². The van der Waals surface area contributed by atoms with E-state index in [0.717, 1.165) is 12.0 Å². The van der Waals surface area contributed by atoms with Crippen molar-refractivity contribution >= 4 is 12.2 Å². The fraction of sp³-hybridized carbons (Fsp3) is 0.500. The molecule has 0 heterocycles. The second kappa shape index (κ2) is 9.20. The molecule has 1 aromatic carbocycles. The third-order valence-electron chi connectivity index (χ3n) is 2.92. The second-order valence-electron chi connectivity index (χ2n) is 6.13. The lowest BCUT2D eigenvalue weighted by molar-refractivity contribution is 0.0513. The number of nitrogens with one attached hydrogen (secondary N) is 1. The highest BCUT2D eigenvalue weighted by molar-refractivity contribution is 5.69. The fourth-order valence-corrected chi connectivity index (χ4v) is 1.87. The van der Waals surface area contributed by atoms with E-state index in [4.69, 9.17) is 14.6 Å². The molecule has 0 saturated carbocycles. The molecule has 0 saturated heterocycles. The normalized spacial score (nSPS) is 12.9. The fourth-order valence-electron chi connectivity index (χ4n) is 1.87. The number of alkyl carbamates (subject to hydrolysis) is 1. The van der Waals surface area contributed by atoms with Crippen LogP contribution in [0.3, 0.4) is 0 Å². The summed E-state index contributed by atoms with van der Waals surface area (Å²) in [6, 6.07) is 7.42. The van der Waals surface area contributed by atoms with Crippen molar-refractivity contribution < 1.29 is 19.4 Å². The molecule has 1 aromatic rings. The van der Waals surface area contributed by atoms with Gasteiger partial charge in [0.15, 0.2) is 0 Å². The summed E-state index contributed by atoms with van der Waals surface area (Å²) in [4.78, 5) is 11.8. The number of amides is 1. The molecule has 2 N–H and O–H groups in total. The summed E-state index contributed by atoms with van der Waals surface area (Å²) in [6.07, 6.45) is 4.12. The van der Waals surface area contributed by atoms with Crippen LogP contribution in [0.5, 0.6) is 5.75 Å². The Kier molecular flexibility index (Phi) is 7.62. The number of hydrogen-bond donors (Lipinski definition) is 2. The van der Waals surface area contributed by atoms with Crippen molar-refractivity contribution in [3.05, 3.63) is 35.9 Å². The molecule has 0 bridgehead atoms. The van der Waals surface area contributed by atoms with Gasteiger partial charge in [-0.15, -0.1) is 0 Å². The van der Waals surface area contributed by atoms with Gasteiger partial charge in [0, 0.05) is 5.56 Å². The minimum atomic E-state index is -0.517. The maximum atomic E-state index is 11.8. The van der Waals surface area contributed by atoms with E-state index in [1.54, 1.807) is 0 Å². The molecular weight excluding hydrogens is 294 g/mol. The zero-order chi connectivity index (χ0) is 17.3. The van der Waals surface area contributed by atoms with Gasteiger partial charge in [-0.3, -0.25) is 0 Å². The van der Waals surface area contributed by atoms with E-state index in [9.17, 15) is 4.79 Å². The first-order valence-electron chi connectivity index (χ1n) is 7.86. The standard InChI is InChI=1S/C18H27NO4/c1-5-15(19-17(21)23-18(2,3)4)11-10-14-8-6-7-9-16(14)22-13-12-20/h6-11,15,20H,5,12-13H2,1-4H3,(H,19,21)/b11-10+. The lowest BCUT2D eigenvalue weighted by Crippen LogP contribution is -2.37. The first-order valence-corrected chi connectivity index (χ1v) is 7.86. The third kappa shape index (κ3) is 7.70. The summed E-state index contributed by atoms with van der Waals surface area (Å²) in [5.41, 5.74) is 0.377. The Balaban J connectivity index is 2.71. The molecule has 0 radical (unpaired) electrons. The molecule has 1 unspecified atom stereocenters. The number of rotatable bonds is 7. The maximum absolute atomic E-state index is 11.8. The van der Waals surface area contributed by atoms with Gasteiger partial charge >= 0.3 is 6.09 Å². The Morgan fingerprint density at radius 2 is 2.04 bits per heavy atom. The highest BCUT2D eigenvalue weighted by Crippen LogP contribution is 2.19. The van der Waals surface area contributed by atoms with Crippen LogP contribution in [0.4, 0.5) is 4.79 Å². The molecule has 5 heteroatoms. The van der Waals surface area contributed by atoms with Crippen molar-refractivity contribution in [1.29, 1.82) is 0 Å². The Hall–Kier alpha value is -2.01. The number of carbonyl (C=O) groups is 1. The zero-order valence-electron chi connectivity index (χ0n) is 14.3. The lowest BCUT2D eigenvalue weighted by atomic mass is 10.1. The highest BCUT2D eigenvalue weighted by Gasteiger charge is 2.17. The van der Waals surface area contributed by atoms with E-state index in [1.807, 2.05) is 64.1 Å². The number of benzene rings is 1. The molecule has 0 aromatic heterocycles. The summed E-state index contributed by atoms with van der Waals surface area (Å²) in [5.74, 6) is 0.699. The topological polar surface area (TPSA) is 67.8 Å². The van der Waals surface area contributed by atoms with Crippen molar-refractivity contribution in [2.24, 2.45) is 0 Å². The Morgan fingerprint density at radius 3 is 2.65 bits per heavy atom. The molecule has 0 aliphatic rings. The van der Waals surface area contributed by atoms with E-state index in [1.165, 1.54) is 0 Å². The van der Waals surface area contributed by atoms with E-state index in [2.05, 4.69) is 5.32 Å². The number of aliphatic hydroxyl groups excluding tert-OH is 1. The van der Waals surface area contributed by atoms with Crippen LogP contribution in [0.1, 0.15) is 39.7 Å². The Labute approximate surface area is 138 Å². The van der Waals surface area contributed by atoms with Gasteiger partial charge in [0.2, 0.25) is 0 Å². The molecule has 1 atom stereocenters. The number of ether oxygens (including phenoxy) is 2. The molecule has 0 spiro atoms. The summed E-state index contributed by atoms with van der Waals surface area (Å²) < 4.78 is 10.7. The van der Waals surface area contributed by atoms with Gasteiger partial charge in [0.1, 0.15) is 18.0 Å². The number of hydrogen-bond acceptors (Lipinski definition) is 4. The molecule has 1 amide bonds. The summed E-state index contributed by atoms with van der Waals surface area (Å²) in [7, 11) is 0. The number of carbonyl (C=O) groups excluding carboxylic acids is 1. The maximum Gasteiger partial charge on any atom is 0.408 e. The van der Waals surface area contributed by atoms with Gasteiger partial charge in [0.05, 0.1) is 12.6 Å². The summed E-state index contributed by atoms with van der Waals surface area (Å²) in [5, 5.41) is 11.7. The van der Waals surface area contributed by atoms with Crippen LogP contribution < -0.4 is 10.1 Å². The third-order valence-corrected chi connectivity index (χ3v) is 2.92. The average Bonchev–Trinajstić information content (AvgIpc) is 2.48. The van der Waals surface area contributed by atoms with Crippen LogP contribution in [-0.4, -0.2) is 36.1 Å². The van der Waals surface area contributed by atoms with Crippen molar-refractivity contribution in [2.75, 3.05) is 13.2 Å². The first-order chi connectivity index (χ1) is 10.9. The van der Waals surface area contributed by atoms with Gasteiger partial charge in [0.25, 0.3) is 0 Å². The van der Waals surface area contributed by atoms with Crippen molar-refractivity contribution in [3.63, 3.8) is 0 Å². The summed E-state index contributed by atoms with van der Waals surface area (Å²) in [6.45, 7) is 7.70. The largest absolute Gasteiger partial charge is 0.491 e. The first kappa shape index (κ1) is 19.0. The Bertz CT molecular complexity index is 520. The molecule has 5 nitrogen and oxygen atoms in total. The SMILES string of the molecule is CCC(/C=C/c1ccccc1OCCO)NC(=O)OC(C)(C)C. The molecular formula is C18H27NO4. The van der Waals surface area contributed by atoms with Crippen LogP contribution in [0.2, 0.25) is 0 Å².